The monoisotopic (exact) mass is 296 g/mol. The number of hydrogen-bond acceptors (Lipinski definition) is 1. The highest BCUT2D eigenvalue weighted by Crippen LogP contribution is 2.15. The Morgan fingerprint density at radius 3 is 2.50 bits per heavy atom. The van der Waals surface area contributed by atoms with Crippen LogP contribution < -0.4 is 10.6 Å². The average molecular weight is 296 g/mol. The van der Waals surface area contributed by atoms with Crippen molar-refractivity contribution in [2.24, 2.45) is 0 Å². The molecule has 0 aromatic heterocycles. The second-order valence-corrected chi connectivity index (χ2v) is 5.64. The molecule has 2 aromatic carbocycles. The Kier molecular flexibility index (Phi) is 6.01. The molecule has 2 N–H and O–H groups in total. The first-order chi connectivity index (χ1) is 10.6. The van der Waals surface area contributed by atoms with Crippen molar-refractivity contribution in [1.29, 1.82) is 0 Å². The van der Waals surface area contributed by atoms with Gasteiger partial charge < -0.3 is 10.6 Å². The van der Waals surface area contributed by atoms with Crippen LogP contribution in [0.3, 0.4) is 0 Å². The molecule has 2 rings (SSSR count). The highest BCUT2D eigenvalue weighted by molar-refractivity contribution is 5.90. The summed E-state index contributed by atoms with van der Waals surface area (Å²) in [5.41, 5.74) is 4.50. The van der Waals surface area contributed by atoms with Crippen molar-refractivity contribution in [1.82, 2.24) is 5.32 Å². The molecule has 0 aliphatic heterocycles. The average Bonchev–Trinajstić information content (AvgIpc) is 2.51. The van der Waals surface area contributed by atoms with Crippen LogP contribution in [0.1, 0.15) is 29.5 Å². The summed E-state index contributed by atoms with van der Waals surface area (Å²) < 4.78 is 0. The summed E-state index contributed by atoms with van der Waals surface area (Å²) in [5.74, 6) is 0. The van der Waals surface area contributed by atoms with Crippen molar-refractivity contribution in [3.8, 4) is 0 Å². The first-order valence-electron chi connectivity index (χ1n) is 7.81. The second kappa shape index (κ2) is 8.23. The van der Waals surface area contributed by atoms with Gasteiger partial charge in [-0.25, -0.2) is 4.79 Å². The van der Waals surface area contributed by atoms with Gasteiger partial charge in [-0.1, -0.05) is 48.0 Å². The fourth-order valence-electron chi connectivity index (χ4n) is 2.42. The lowest BCUT2D eigenvalue weighted by Gasteiger charge is -2.10. The van der Waals surface area contributed by atoms with Crippen molar-refractivity contribution in [2.75, 3.05) is 11.9 Å². The Hall–Kier alpha value is -2.29. The van der Waals surface area contributed by atoms with Gasteiger partial charge in [-0.15, -0.1) is 0 Å². The third-order valence-electron chi connectivity index (χ3n) is 3.65. The Morgan fingerprint density at radius 1 is 1.00 bits per heavy atom. The van der Waals surface area contributed by atoms with Gasteiger partial charge in [0.2, 0.25) is 0 Å². The molecular formula is C19H24N2O. The van der Waals surface area contributed by atoms with Gasteiger partial charge in [-0.3, -0.25) is 0 Å². The smallest absolute Gasteiger partial charge is 0.319 e. The molecule has 0 aliphatic carbocycles. The van der Waals surface area contributed by atoms with E-state index < -0.39 is 0 Å². The highest BCUT2D eigenvalue weighted by Gasteiger charge is 2.03. The molecule has 2 aromatic rings. The number of urea groups is 1. The fourth-order valence-corrected chi connectivity index (χ4v) is 2.42. The van der Waals surface area contributed by atoms with Crippen molar-refractivity contribution in [3.63, 3.8) is 0 Å². The molecule has 0 unspecified atom stereocenters. The van der Waals surface area contributed by atoms with E-state index in [0.29, 0.717) is 6.54 Å². The van der Waals surface area contributed by atoms with E-state index in [1.54, 1.807) is 0 Å². The van der Waals surface area contributed by atoms with Crippen LogP contribution in [0.15, 0.2) is 48.5 Å². The predicted octanol–water partition coefficient (Wildman–Crippen LogP) is 4.45. The van der Waals surface area contributed by atoms with Gasteiger partial charge in [0.15, 0.2) is 0 Å². The third kappa shape index (κ3) is 5.24. The fraction of sp³-hybridized carbons (Fsp3) is 0.316. The number of amides is 2. The van der Waals surface area contributed by atoms with Gasteiger partial charge in [-0.05, 0) is 50.3 Å². The van der Waals surface area contributed by atoms with E-state index in [1.807, 2.05) is 32.0 Å². The Morgan fingerprint density at radius 2 is 1.77 bits per heavy atom. The maximum absolute atomic E-state index is 11.9. The topological polar surface area (TPSA) is 41.1 Å². The molecule has 0 bridgehead atoms. The van der Waals surface area contributed by atoms with Crippen LogP contribution in [0.4, 0.5) is 10.5 Å². The molecule has 0 fully saturated rings. The van der Waals surface area contributed by atoms with E-state index in [1.165, 1.54) is 11.1 Å². The minimum Gasteiger partial charge on any atom is -0.338 e. The lowest BCUT2D eigenvalue weighted by molar-refractivity contribution is 0.252. The lowest BCUT2D eigenvalue weighted by Crippen LogP contribution is -2.29. The maximum atomic E-state index is 11.9. The summed E-state index contributed by atoms with van der Waals surface area (Å²) in [4.78, 5) is 11.9. The summed E-state index contributed by atoms with van der Waals surface area (Å²) >= 11 is 0. The molecule has 116 valence electrons. The van der Waals surface area contributed by atoms with E-state index in [2.05, 4.69) is 41.0 Å². The number of anilines is 1. The third-order valence-corrected chi connectivity index (χ3v) is 3.65. The van der Waals surface area contributed by atoms with E-state index >= 15 is 0 Å². The molecule has 0 saturated heterocycles. The molecule has 22 heavy (non-hydrogen) atoms. The van der Waals surface area contributed by atoms with Crippen LogP contribution in [0.25, 0.3) is 0 Å². The van der Waals surface area contributed by atoms with Crippen LogP contribution in [0, 0.1) is 13.8 Å². The first kappa shape index (κ1) is 16.1. The zero-order valence-corrected chi connectivity index (χ0v) is 13.4. The lowest BCUT2D eigenvalue weighted by atomic mass is 10.1. The molecule has 3 heteroatoms. The number of nitrogens with one attached hydrogen (secondary N) is 2. The van der Waals surface area contributed by atoms with E-state index in [0.717, 1.165) is 30.5 Å². The second-order valence-electron chi connectivity index (χ2n) is 5.64. The first-order valence-corrected chi connectivity index (χ1v) is 7.81. The van der Waals surface area contributed by atoms with Crippen molar-refractivity contribution >= 4 is 11.7 Å². The molecule has 3 nitrogen and oxygen atoms in total. The molecule has 0 aliphatic rings. The molecule has 0 atom stereocenters. The van der Waals surface area contributed by atoms with E-state index in [-0.39, 0.29) is 6.03 Å². The van der Waals surface area contributed by atoms with Crippen molar-refractivity contribution < 1.29 is 4.79 Å². The SMILES string of the molecule is Cc1ccc(NC(=O)NCCCCc2ccccc2)c(C)c1. The number of carbonyl (C=O) groups is 1. The number of unbranched alkanes of at least 4 members (excludes halogenated alkanes) is 1. The van der Waals surface area contributed by atoms with Gasteiger partial charge in [0.05, 0.1) is 0 Å². The number of carbonyl (C=O) groups excluding carboxylic acids is 1. The van der Waals surface area contributed by atoms with Crippen molar-refractivity contribution in [2.45, 2.75) is 33.1 Å². The van der Waals surface area contributed by atoms with E-state index in [4.69, 9.17) is 0 Å². The largest absolute Gasteiger partial charge is 0.338 e. The summed E-state index contributed by atoms with van der Waals surface area (Å²) in [6.45, 7) is 4.75. The molecule has 0 radical (unpaired) electrons. The van der Waals surface area contributed by atoms with Crippen LogP contribution >= 0.6 is 0 Å². The van der Waals surface area contributed by atoms with Gasteiger partial charge >= 0.3 is 6.03 Å². The van der Waals surface area contributed by atoms with Gasteiger partial charge in [0.25, 0.3) is 0 Å². The van der Waals surface area contributed by atoms with Crippen LogP contribution in [-0.2, 0) is 6.42 Å². The van der Waals surface area contributed by atoms with Gasteiger partial charge in [0.1, 0.15) is 0 Å². The summed E-state index contributed by atoms with van der Waals surface area (Å²) in [6, 6.07) is 16.3. The normalized spacial score (nSPS) is 10.3. The summed E-state index contributed by atoms with van der Waals surface area (Å²) in [7, 11) is 0. The van der Waals surface area contributed by atoms with Gasteiger partial charge in [0, 0.05) is 12.2 Å². The quantitative estimate of drug-likeness (QED) is 0.760. The molecular weight excluding hydrogens is 272 g/mol. The molecule has 0 saturated carbocycles. The van der Waals surface area contributed by atoms with E-state index in [9.17, 15) is 4.79 Å². The minimum atomic E-state index is -0.133. The standard InChI is InChI=1S/C19H24N2O/c1-15-11-12-18(16(2)14-15)21-19(22)20-13-7-6-10-17-8-4-3-5-9-17/h3-5,8-9,11-12,14H,6-7,10,13H2,1-2H3,(H2,20,21,22). The Labute approximate surface area is 132 Å². The number of aryl methyl sites for hydroxylation is 3. The van der Waals surface area contributed by atoms with Gasteiger partial charge in [-0.2, -0.15) is 0 Å². The Balaban J connectivity index is 1.65. The predicted molar refractivity (Wildman–Crippen MR) is 92.3 cm³/mol. The number of rotatable bonds is 6. The zero-order valence-electron chi connectivity index (χ0n) is 13.4. The molecule has 0 heterocycles. The van der Waals surface area contributed by atoms with Crippen LogP contribution in [0.5, 0.6) is 0 Å². The number of hydrogen-bond donors (Lipinski definition) is 2. The van der Waals surface area contributed by atoms with Crippen molar-refractivity contribution in [3.05, 3.63) is 65.2 Å². The number of benzene rings is 2. The Bertz CT molecular complexity index is 608. The summed E-state index contributed by atoms with van der Waals surface area (Å²) in [6.07, 6.45) is 3.12. The molecule has 2 amide bonds. The zero-order chi connectivity index (χ0) is 15.8. The van der Waals surface area contributed by atoms with Crippen LogP contribution in [-0.4, -0.2) is 12.6 Å². The minimum absolute atomic E-state index is 0.133. The molecule has 0 spiro atoms. The highest BCUT2D eigenvalue weighted by atomic mass is 16.2. The maximum Gasteiger partial charge on any atom is 0.319 e. The summed E-state index contributed by atoms with van der Waals surface area (Å²) in [5, 5.41) is 5.81. The van der Waals surface area contributed by atoms with Crippen LogP contribution in [0.2, 0.25) is 0 Å².